The fourth-order valence-electron chi connectivity index (χ4n) is 8.67. The van der Waals surface area contributed by atoms with Crippen LogP contribution in [0.5, 0.6) is 0 Å². The molecule has 5 heteroatoms. The summed E-state index contributed by atoms with van der Waals surface area (Å²) in [6.45, 7) is 8.37. The second-order valence-corrected chi connectivity index (χ2v) is 11.8. The van der Waals surface area contributed by atoms with Gasteiger partial charge in [0.1, 0.15) is 6.10 Å². The molecule has 1 heterocycles. The van der Waals surface area contributed by atoms with Crippen molar-refractivity contribution in [3.63, 3.8) is 0 Å². The van der Waals surface area contributed by atoms with Crippen molar-refractivity contribution in [1.29, 1.82) is 0 Å². The molecule has 1 aliphatic heterocycles. The number of carbonyl (C=O) groups is 2. The number of hydrogen-bond acceptors (Lipinski definition) is 5. The van der Waals surface area contributed by atoms with E-state index in [0.717, 1.165) is 43.3 Å². The van der Waals surface area contributed by atoms with Crippen LogP contribution < -0.4 is 0 Å². The highest BCUT2D eigenvalue weighted by atomic mass is 16.5. The molecule has 5 rings (SSSR count). The lowest BCUT2D eigenvalue weighted by atomic mass is 9.46. The fraction of sp³-hybridized carbons (Fsp3) is 0.714. The van der Waals surface area contributed by atoms with Gasteiger partial charge < -0.3 is 14.9 Å². The highest BCUT2D eigenvalue weighted by Crippen LogP contribution is 2.66. The summed E-state index contributed by atoms with van der Waals surface area (Å²) in [5.41, 5.74) is 2.02. The summed E-state index contributed by atoms with van der Waals surface area (Å²) < 4.78 is 5.82. The Bertz CT molecular complexity index is 959. The molecule has 180 valence electrons. The first-order valence-electron chi connectivity index (χ1n) is 12.7. The van der Waals surface area contributed by atoms with E-state index in [1.54, 1.807) is 6.08 Å². The Balaban J connectivity index is 1.42. The molecule has 4 aliphatic carbocycles. The number of rotatable bonds is 3. The number of cyclic esters (lactones) is 1. The van der Waals surface area contributed by atoms with Gasteiger partial charge in [0.25, 0.3) is 0 Å². The van der Waals surface area contributed by atoms with Gasteiger partial charge in [-0.1, -0.05) is 37.1 Å². The van der Waals surface area contributed by atoms with Gasteiger partial charge in [-0.3, -0.25) is 4.79 Å². The van der Waals surface area contributed by atoms with Crippen LogP contribution in [0.2, 0.25) is 0 Å². The third-order valence-electron chi connectivity index (χ3n) is 10.6. The molecule has 0 aromatic carbocycles. The quantitative estimate of drug-likeness (QED) is 0.495. The summed E-state index contributed by atoms with van der Waals surface area (Å²) in [6.07, 6.45) is 10.6. The van der Waals surface area contributed by atoms with Crippen LogP contribution in [0.4, 0.5) is 0 Å². The van der Waals surface area contributed by atoms with Gasteiger partial charge in [-0.15, -0.1) is 0 Å². The number of allylic oxidation sites excluding steroid dienone is 3. The van der Waals surface area contributed by atoms with Gasteiger partial charge >= 0.3 is 5.97 Å². The summed E-state index contributed by atoms with van der Waals surface area (Å²) in [7, 11) is 0. The van der Waals surface area contributed by atoms with Crippen molar-refractivity contribution in [1.82, 2.24) is 0 Å². The topological polar surface area (TPSA) is 83.8 Å². The molecule has 0 bridgehead atoms. The zero-order chi connectivity index (χ0) is 23.7. The molecule has 0 aromatic rings. The third-order valence-corrected chi connectivity index (χ3v) is 10.6. The average Bonchev–Trinajstić information content (AvgIpc) is 3.12. The first-order chi connectivity index (χ1) is 15.6. The Labute approximate surface area is 197 Å². The van der Waals surface area contributed by atoms with Crippen LogP contribution in [0.25, 0.3) is 0 Å². The predicted octanol–water partition coefficient (Wildman–Crippen LogP) is 4.14. The van der Waals surface area contributed by atoms with Gasteiger partial charge in [0.15, 0.2) is 5.78 Å². The van der Waals surface area contributed by atoms with Gasteiger partial charge in [-0.25, -0.2) is 4.79 Å². The van der Waals surface area contributed by atoms with Crippen molar-refractivity contribution in [3.8, 4) is 0 Å². The highest BCUT2D eigenvalue weighted by molar-refractivity contribution is 5.98. The smallest absolute Gasteiger partial charge is 0.336 e. The summed E-state index contributed by atoms with van der Waals surface area (Å²) >= 11 is 0. The van der Waals surface area contributed by atoms with E-state index in [9.17, 15) is 19.8 Å². The second-order valence-electron chi connectivity index (χ2n) is 11.8. The average molecular weight is 455 g/mol. The van der Waals surface area contributed by atoms with Crippen molar-refractivity contribution in [3.05, 3.63) is 34.9 Å². The first kappa shape index (κ1) is 23.0. The Morgan fingerprint density at radius 2 is 1.94 bits per heavy atom. The maximum absolute atomic E-state index is 13.1. The number of esters is 1. The SMILES string of the molecule is CC1=C(CO)C(=O)O[C@@H](C(C)[C@@H]2CC[C@@H]3[C@@H]4C(O)C=C5CC=CC(=O)[C@]5(C)[C@@H]4CC[C@@]32C)C1. The van der Waals surface area contributed by atoms with E-state index in [0.29, 0.717) is 23.8 Å². The summed E-state index contributed by atoms with van der Waals surface area (Å²) in [5, 5.41) is 20.8. The monoisotopic (exact) mass is 454 g/mol. The molecule has 5 nitrogen and oxygen atoms in total. The Morgan fingerprint density at radius 1 is 1.18 bits per heavy atom. The molecule has 2 unspecified atom stereocenters. The lowest BCUT2D eigenvalue weighted by molar-refractivity contribution is -0.153. The van der Waals surface area contributed by atoms with Crippen molar-refractivity contribution in [2.45, 2.75) is 78.4 Å². The Hall–Kier alpha value is -1.72. The molecule has 2 N–H and O–H groups in total. The molecule has 33 heavy (non-hydrogen) atoms. The van der Waals surface area contributed by atoms with E-state index in [2.05, 4.69) is 20.8 Å². The van der Waals surface area contributed by atoms with Crippen LogP contribution in [0.1, 0.15) is 66.2 Å². The zero-order valence-electron chi connectivity index (χ0n) is 20.3. The maximum Gasteiger partial charge on any atom is 0.336 e. The molecule has 2 fully saturated rings. The number of carbonyl (C=O) groups excluding carboxylic acids is 2. The molecule has 0 amide bonds. The molecule has 5 aliphatic rings. The minimum atomic E-state index is -0.499. The lowest BCUT2D eigenvalue weighted by Gasteiger charge is -2.58. The van der Waals surface area contributed by atoms with Crippen LogP contribution >= 0.6 is 0 Å². The molecule has 0 saturated heterocycles. The van der Waals surface area contributed by atoms with Crippen LogP contribution in [0.15, 0.2) is 34.9 Å². The van der Waals surface area contributed by atoms with E-state index in [1.165, 1.54) is 0 Å². The van der Waals surface area contributed by atoms with Crippen LogP contribution in [-0.4, -0.2) is 40.8 Å². The predicted molar refractivity (Wildman–Crippen MR) is 125 cm³/mol. The Morgan fingerprint density at radius 3 is 2.64 bits per heavy atom. The summed E-state index contributed by atoms with van der Waals surface area (Å²) in [6, 6.07) is 0. The van der Waals surface area contributed by atoms with Crippen molar-refractivity contribution >= 4 is 11.8 Å². The van der Waals surface area contributed by atoms with E-state index in [4.69, 9.17) is 4.74 Å². The minimum absolute atomic E-state index is 0.0537. The lowest BCUT2D eigenvalue weighted by Crippen LogP contribution is -2.56. The molecule has 0 radical (unpaired) electrons. The molecular formula is C28H38O5. The van der Waals surface area contributed by atoms with Crippen molar-refractivity contribution in [2.24, 2.45) is 40.4 Å². The van der Waals surface area contributed by atoms with Gasteiger partial charge in [-0.05, 0) is 87.0 Å². The fourth-order valence-corrected chi connectivity index (χ4v) is 8.67. The number of aliphatic hydroxyl groups is 2. The van der Waals surface area contributed by atoms with E-state index in [-0.39, 0.29) is 47.6 Å². The molecule has 2 saturated carbocycles. The molecule has 0 spiro atoms. The number of fused-ring (bicyclic) bond motifs is 5. The number of ether oxygens (including phenoxy) is 1. The summed E-state index contributed by atoms with van der Waals surface area (Å²) in [4.78, 5) is 25.5. The number of aliphatic hydroxyl groups excluding tert-OH is 2. The number of ketones is 1. The van der Waals surface area contributed by atoms with Crippen molar-refractivity contribution in [2.75, 3.05) is 6.61 Å². The highest BCUT2D eigenvalue weighted by Gasteiger charge is 2.62. The first-order valence-corrected chi connectivity index (χ1v) is 12.7. The van der Waals surface area contributed by atoms with Crippen LogP contribution in [0, 0.1) is 40.4 Å². The van der Waals surface area contributed by atoms with E-state index >= 15 is 0 Å². The molecule has 9 atom stereocenters. The molecule has 0 aromatic heterocycles. The second kappa shape index (κ2) is 7.91. The van der Waals surface area contributed by atoms with Gasteiger partial charge in [-0.2, -0.15) is 0 Å². The third kappa shape index (κ3) is 3.18. The largest absolute Gasteiger partial charge is 0.458 e. The molecular weight excluding hydrogens is 416 g/mol. The maximum atomic E-state index is 13.1. The van der Waals surface area contributed by atoms with Gasteiger partial charge in [0, 0.05) is 6.42 Å². The standard InChI is InChI=1S/C28H38O5/c1-15-12-23(33-26(32)18(15)14-29)16(2)19-8-9-20-25-21(10-11-27(19,20)3)28(4)17(13-22(25)30)6-5-7-24(28)31/h5,7,13,16,19-23,25,29-30H,6,8-12,14H2,1-4H3/t16?,19-,20+,21+,22?,23+,25-,27+,28-/m0/s1. The van der Waals surface area contributed by atoms with Crippen molar-refractivity contribution < 1.29 is 24.5 Å². The van der Waals surface area contributed by atoms with E-state index < -0.39 is 11.5 Å². The number of hydrogen-bond donors (Lipinski definition) is 2. The minimum Gasteiger partial charge on any atom is -0.458 e. The summed E-state index contributed by atoms with van der Waals surface area (Å²) in [5.74, 6) is 1.07. The van der Waals surface area contributed by atoms with Crippen LogP contribution in [0.3, 0.4) is 0 Å². The van der Waals surface area contributed by atoms with Gasteiger partial charge in [0.05, 0.1) is 23.7 Å². The van der Waals surface area contributed by atoms with E-state index in [1.807, 2.05) is 19.1 Å². The zero-order valence-corrected chi connectivity index (χ0v) is 20.3. The normalized spacial score (nSPS) is 45.7. The van der Waals surface area contributed by atoms with Gasteiger partial charge in [0.2, 0.25) is 0 Å². The van der Waals surface area contributed by atoms with Crippen LogP contribution in [-0.2, 0) is 14.3 Å². The Kier molecular flexibility index (Phi) is 5.52.